The van der Waals surface area contributed by atoms with E-state index < -0.39 is 10.0 Å². The van der Waals surface area contributed by atoms with E-state index in [1.54, 1.807) is 24.3 Å². The summed E-state index contributed by atoms with van der Waals surface area (Å²) in [6.07, 6.45) is 0. The zero-order valence-electron chi connectivity index (χ0n) is 11.3. The van der Waals surface area contributed by atoms with Crippen LogP contribution in [0.1, 0.15) is 5.56 Å². The third kappa shape index (κ3) is 3.66. The Bertz CT molecular complexity index is 748. The van der Waals surface area contributed by atoms with Gasteiger partial charge in [-0.1, -0.05) is 18.2 Å². The zero-order chi connectivity index (χ0) is 15.5. The first-order chi connectivity index (χ1) is 9.97. The predicted molar refractivity (Wildman–Crippen MR) is 90.9 cm³/mol. The Balaban J connectivity index is 2.42. The smallest absolute Gasteiger partial charge is 0.265 e. The van der Waals surface area contributed by atoms with E-state index in [0.29, 0.717) is 12.2 Å². The number of para-hydroxylation sites is 1. The molecule has 0 aliphatic carbocycles. The summed E-state index contributed by atoms with van der Waals surface area (Å²) in [4.78, 5) is 0.0850. The Morgan fingerprint density at radius 3 is 2.57 bits per heavy atom. The Labute approximate surface area is 137 Å². The highest BCUT2D eigenvalue weighted by molar-refractivity contribution is 14.1. The van der Waals surface area contributed by atoms with Gasteiger partial charge in [0.2, 0.25) is 0 Å². The predicted octanol–water partition coefficient (Wildman–Crippen LogP) is 2.56. The molecule has 0 saturated heterocycles. The quantitative estimate of drug-likeness (QED) is 0.732. The van der Waals surface area contributed by atoms with Gasteiger partial charge in [-0.15, -0.1) is 0 Å². The van der Waals surface area contributed by atoms with Crippen LogP contribution in [0.3, 0.4) is 0 Å². The standard InChI is InChI=1S/C14H15IN2O3S/c1-20-13-8-10(9-16)6-7-14(13)21(18,19)17-12-5-3-2-4-11(12)15/h2-8,17H,9,16H2,1H3. The normalized spacial score (nSPS) is 11.2. The third-order valence-corrected chi connectivity index (χ3v) is 5.22. The van der Waals surface area contributed by atoms with E-state index in [2.05, 4.69) is 27.3 Å². The Morgan fingerprint density at radius 1 is 1.24 bits per heavy atom. The molecule has 0 aromatic heterocycles. The number of anilines is 1. The van der Waals surface area contributed by atoms with Crippen molar-refractivity contribution in [2.45, 2.75) is 11.4 Å². The minimum atomic E-state index is -3.72. The molecule has 0 bridgehead atoms. The highest BCUT2D eigenvalue weighted by atomic mass is 127. The van der Waals surface area contributed by atoms with Crippen molar-refractivity contribution in [3.8, 4) is 5.75 Å². The monoisotopic (exact) mass is 418 g/mol. The molecule has 0 aliphatic rings. The van der Waals surface area contributed by atoms with Gasteiger partial charge in [0.25, 0.3) is 10.0 Å². The molecular weight excluding hydrogens is 403 g/mol. The first-order valence-electron chi connectivity index (χ1n) is 6.12. The molecule has 3 N–H and O–H groups in total. The molecular formula is C14H15IN2O3S. The second kappa shape index (κ2) is 6.63. The average molecular weight is 418 g/mol. The molecule has 0 amide bonds. The lowest BCUT2D eigenvalue weighted by Crippen LogP contribution is -2.15. The molecule has 0 atom stereocenters. The van der Waals surface area contributed by atoms with Gasteiger partial charge in [0.05, 0.1) is 12.8 Å². The topological polar surface area (TPSA) is 81.4 Å². The molecule has 112 valence electrons. The maximum Gasteiger partial charge on any atom is 0.265 e. The molecule has 0 aliphatic heterocycles. The minimum Gasteiger partial charge on any atom is -0.495 e. The van der Waals surface area contributed by atoms with Gasteiger partial charge in [0.1, 0.15) is 10.6 Å². The number of nitrogens with two attached hydrogens (primary N) is 1. The van der Waals surface area contributed by atoms with Crippen molar-refractivity contribution >= 4 is 38.3 Å². The van der Waals surface area contributed by atoms with Crippen LogP contribution >= 0.6 is 22.6 Å². The fourth-order valence-corrected chi connectivity index (χ4v) is 3.74. The highest BCUT2D eigenvalue weighted by Gasteiger charge is 2.20. The van der Waals surface area contributed by atoms with Crippen LogP contribution in [0.4, 0.5) is 5.69 Å². The van der Waals surface area contributed by atoms with Crippen LogP contribution in [0.2, 0.25) is 0 Å². The summed E-state index contributed by atoms with van der Waals surface area (Å²) >= 11 is 2.07. The summed E-state index contributed by atoms with van der Waals surface area (Å²) < 4.78 is 33.6. The van der Waals surface area contributed by atoms with E-state index in [-0.39, 0.29) is 10.6 Å². The van der Waals surface area contributed by atoms with Gasteiger partial charge in [0, 0.05) is 10.1 Å². The summed E-state index contributed by atoms with van der Waals surface area (Å²) in [5, 5.41) is 0. The van der Waals surface area contributed by atoms with Crippen LogP contribution in [0, 0.1) is 3.57 Å². The third-order valence-electron chi connectivity index (χ3n) is 2.87. The van der Waals surface area contributed by atoms with Crippen LogP contribution in [-0.4, -0.2) is 15.5 Å². The fraction of sp³-hybridized carbons (Fsp3) is 0.143. The SMILES string of the molecule is COc1cc(CN)ccc1S(=O)(=O)Nc1ccccc1I. The molecule has 0 radical (unpaired) electrons. The van der Waals surface area contributed by atoms with Gasteiger partial charge in [-0.25, -0.2) is 8.42 Å². The van der Waals surface area contributed by atoms with Crippen molar-refractivity contribution in [1.82, 2.24) is 0 Å². The molecule has 0 unspecified atom stereocenters. The van der Waals surface area contributed by atoms with E-state index in [4.69, 9.17) is 10.5 Å². The molecule has 7 heteroatoms. The maximum absolute atomic E-state index is 12.5. The number of methoxy groups -OCH3 is 1. The van der Waals surface area contributed by atoms with Crippen LogP contribution < -0.4 is 15.2 Å². The summed E-state index contributed by atoms with van der Waals surface area (Å²) in [6, 6.07) is 12.0. The summed E-state index contributed by atoms with van der Waals surface area (Å²) in [5.74, 6) is 0.274. The Hall–Kier alpha value is -1.32. The number of ether oxygens (including phenoxy) is 1. The van der Waals surface area contributed by atoms with Crippen LogP contribution in [0.5, 0.6) is 5.75 Å². The van der Waals surface area contributed by atoms with Gasteiger partial charge < -0.3 is 10.5 Å². The molecule has 21 heavy (non-hydrogen) atoms. The lowest BCUT2D eigenvalue weighted by molar-refractivity contribution is 0.402. The van der Waals surface area contributed by atoms with Gasteiger partial charge in [0.15, 0.2) is 0 Å². The van der Waals surface area contributed by atoms with Crippen molar-refractivity contribution in [2.75, 3.05) is 11.8 Å². The maximum atomic E-state index is 12.5. The minimum absolute atomic E-state index is 0.0850. The van der Waals surface area contributed by atoms with E-state index in [1.807, 2.05) is 12.1 Å². The molecule has 2 aromatic rings. The summed E-state index contributed by atoms with van der Waals surface area (Å²) in [5.41, 5.74) is 6.89. The van der Waals surface area contributed by atoms with Crippen molar-refractivity contribution in [1.29, 1.82) is 0 Å². The van der Waals surface area contributed by atoms with E-state index in [0.717, 1.165) is 9.13 Å². The highest BCUT2D eigenvalue weighted by Crippen LogP contribution is 2.28. The lowest BCUT2D eigenvalue weighted by Gasteiger charge is -2.13. The van der Waals surface area contributed by atoms with Gasteiger partial charge in [-0.3, -0.25) is 4.72 Å². The number of nitrogens with one attached hydrogen (secondary N) is 1. The molecule has 2 rings (SSSR count). The van der Waals surface area contributed by atoms with Gasteiger partial charge in [-0.2, -0.15) is 0 Å². The summed E-state index contributed by atoms with van der Waals surface area (Å²) in [7, 11) is -2.29. The van der Waals surface area contributed by atoms with Crippen molar-refractivity contribution in [3.05, 3.63) is 51.6 Å². The molecule has 2 aromatic carbocycles. The van der Waals surface area contributed by atoms with Crippen LogP contribution in [0.25, 0.3) is 0 Å². The number of halogens is 1. The molecule has 0 spiro atoms. The van der Waals surface area contributed by atoms with Crippen molar-refractivity contribution in [2.24, 2.45) is 5.73 Å². The number of rotatable bonds is 5. The average Bonchev–Trinajstić information content (AvgIpc) is 2.48. The van der Waals surface area contributed by atoms with Gasteiger partial charge in [-0.05, 0) is 52.4 Å². The largest absolute Gasteiger partial charge is 0.495 e. The van der Waals surface area contributed by atoms with Crippen LogP contribution in [-0.2, 0) is 16.6 Å². The Morgan fingerprint density at radius 2 is 1.95 bits per heavy atom. The van der Waals surface area contributed by atoms with Gasteiger partial charge >= 0.3 is 0 Å². The van der Waals surface area contributed by atoms with Crippen molar-refractivity contribution < 1.29 is 13.2 Å². The fourth-order valence-electron chi connectivity index (χ4n) is 1.80. The number of hydrogen-bond donors (Lipinski definition) is 2. The van der Waals surface area contributed by atoms with E-state index in [1.165, 1.54) is 13.2 Å². The number of benzene rings is 2. The molecule has 0 saturated carbocycles. The first kappa shape index (κ1) is 16.1. The number of hydrogen-bond acceptors (Lipinski definition) is 4. The lowest BCUT2D eigenvalue weighted by atomic mass is 10.2. The molecule has 0 heterocycles. The molecule has 0 fully saturated rings. The molecule has 5 nitrogen and oxygen atoms in total. The van der Waals surface area contributed by atoms with Crippen molar-refractivity contribution in [3.63, 3.8) is 0 Å². The van der Waals surface area contributed by atoms with E-state index >= 15 is 0 Å². The first-order valence-corrected chi connectivity index (χ1v) is 8.68. The van der Waals surface area contributed by atoms with Crippen LogP contribution in [0.15, 0.2) is 47.4 Å². The number of sulfonamides is 1. The second-order valence-corrected chi connectivity index (χ2v) is 7.09. The zero-order valence-corrected chi connectivity index (χ0v) is 14.3. The second-order valence-electron chi connectivity index (χ2n) is 4.27. The Kier molecular flexibility index (Phi) is 5.07. The van der Waals surface area contributed by atoms with E-state index in [9.17, 15) is 8.42 Å². The summed E-state index contributed by atoms with van der Waals surface area (Å²) in [6.45, 7) is 0.320.